The molecule has 1 aromatic heterocycles. The summed E-state index contributed by atoms with van der Waals surface area (Å²) < 4.78 is 18.3. The minimum absolute atomic E-state index is 0.0656. The molecule has 0 atom stereocenters. The monoisotopic (exact) mass is 317 g/mol. The van der Waals surface area contributed by atoms with Crippen molar-refractivity contribution in [3.05, 3.63) is 64.8 Å². The molecular formula is C16H13ClFN3O. The molecule has 3 aromatic rings. The summed E-state index contributed by atoms with van der Waals surface area (Å²) in [5.41, 5.74) is 2.74. The van der Waals surface area contributed by atoms with Gasteiger partial charge in [-0.1, -0.05) is 46.6 Å². The van der Waals surface area contributed by atoms with Crippen LogP contribution in [0.3, 0.4) is 0 Å². The average molecular weight is 318 g/mol. The predicted octanol–water partition coefficient (Wildman–Crippen LogP) is 4.45. The van der Waals surface area contributed by atoms with E-state index >= 15 is 0 Å². The smallest absolute Gasteiger partial charge is 0.246 e. The molecule has 3 rings (SSSR count). The summed E-state index contributed by atoms with van der Waals surface area (Å²) in [6.07, 6.45) is 0. The Hall–Kier alpha value is -2.40. The average Bonchev–Trinajstić information content (AvgIpc) is 2.98. The van der Waals surface area contributed by atoms with Crippen LogP contribution in [-0.4, -0.2) is 10.1 Å². The van der Waals surface area contributed by atoms with Crippen LogP contribution in [0.2, 0.25) is 5.02 Å². The van der Waals surface area contributed by atoms with Crippen molar-refractivity contribution >= 4 is 17.3 Å². The summed E-state index contributed by atoms with van der Waals surface area (Å²) in [6, 6.07) is 12.3. The minimum atomic E-state index is -0.452. The SMILES string of the molecule is Cc1ccc(-c2noc(CNc3ccc(F)c(Cl)c3)n2)cc1. The molecule has 0 saturated heterocycles. The van der Waals surface area contributed by atoms with E-state index in [-0.39, 0.29) is 5.02 Å². The number of anilines is 1. The number of benzene rings is 2. The molecule has 0 fully saturated rings. The van der Waals surface area contributed by atoms with E-state index in [4.69, 9.17) is 16.1 Å². The molecule has 4 nitrogen and oxygen atoms in total. The highest BCUT2D eigenvalue weighted by atomic mass is 35.5. The van der Waals surface area contributed by atoms with Crippen LogP contribution in [-0.2, 0) is 6.54 Å². The van der Waals surface area contributed by atoms with E-state index in [0.717, 1.165) is 5.56 Å². The first kappa shape index (κ1) is 14.5. The number of aryl methyl sites for hydroxylation is 1. The summed E-state index contributed by atoms with van der Waals surface area (Å²) >= 11 is 5.73. The molecule has 0 bridgehead atoms. The fourth-order valence-corrected chi connectivity index (χ4v) is 2.11. The summed E-state index contributed by atoms with van der Waals surface area (Å²) in [7, 11) is 0. The Morgan fingerprint density at radius 2 is 1.95 bits per heavy atom. The molecular weight excluding hydrogens is 305 g/mol. The van der Waals surface area contributed by atoms with Crippen molar-refractivity contribution in [2.75, 3.05) is 5.32 Å². The Morgan fingerprint density at radius 1 is 1.18 bits per heavy atom. The van der Waals surface area contributed by atoms with E-state index in [1.807, 2.05) is 31.2 Å². The lowest BCUT2D eigenvalue weighted by Crippen LogP contribution is -1.99. The lowest BCUT2D eigenvalue weighted by Gasteiger charge is -2.03. The van der Waals surface area contributed by atoms with Gasteiger partial charge in [0.2, 0.25) is 11.7 Å². The lowest BCUT2D eigenvalue weighted by molar-refractivity contribution is 0.384. The fourth-order valence-electron chi connectivity index (χ4n) is 1.93. The van der Waals surface area contributed by atoms with Gasteiger partial charge in [0, 0.05) is 11.3 Å². The van der Waals surface area contributed by atoms with Crippen LogP contribution in [0.25, 0.3) is 11.4 Å². The van der Waals surface area contributed by atoms with Crippen LogP contribution < -0.4 is 5.32 Å². The van der Waals surface area contributed by atoms with E-state index in [1.54, 1.807) is 6.07 Å². The predicted molar refractivity (Wildman–Crippen MR) is 83.2 cm³/mol. The molecule has 6 heteroatoms. The van der Waals surface area contributed by atoms with Crippen LogP contribution in [0, 0.1) is 12.7 Å². The van der Waals surface area contributed by atoms with Gasteiger partial charge in [-0.15, -0.1) is 0 Å². The van der Waals surface area contributed by atoms with E-state index in [0.29, 0.717) is 23.9 Å². The van der Waals surface area contributed by atoms with Crippen molar-refractivity contribution in [2.24, 2.45) is 0 Å². The van der Waals surface area contributed by atoms with Crippen molar-refractivity contribution in [1.82, 2.24) is 10.1 Å². The molecule has 112 valence electrons. The molecule has 0 aliphatic heterocycles. The van der Waals surface area contributed by atoms with Gasteiger partial charge < -0.3 is 9.84 Å². The van der Waals surface area contributed by atoms with E-state index in [2.05, 4.69) is 15.5 Å². The molecule has 0 saturated carbocycles. The molecule has 0 radical (unpaired) electrons. The number of hydrogen-bond acceptors (Lipinski definition) is 4. The zero-order valence-corrected chi connectivity index (χ0v) is 12.6. The van der Waals surface area contributed by atoms with E-state index < -0.39 is 5.82 Å². The van der Waals surface area contributed by atoms with Crippen molar-refractivity contribution in [2.45, 2.75) is 13.5 Å². The van der Waals surface area contributed by atoms with Gasteiger partial charge in [0.05, 0.1) is 11.6 Å². The second kappa shape index (κ2) is 6.15. The molecule has 0 amide bonds. The first-order valence-corrected chi connectivity index (χ1v) is 7.08. The number of nitrogens with zero attached hydrogens (tertiary/aromatic N) is 2. The molecule has 0 aliphatic rings. The maximum Gasteiger partial charge on any atom is 0.246 e. The molecule has 22 heavy (non-hydrogen) atoms. The van der Waals surface area contributed by atoms with Gasteiger partial charge in [0.15, 0.2) is 0 Å². The summed E-state index contributed by atoms with van der Waals surface area (Å²) in [5, 5.41) is 7.07. The lowest BCUT2D eigenvalue weighted by atomic mass is 10.1. The normalized spacial score (nSPS) is 10.7. The molecule has 1 heterocycles. The molecule has 1 N–H and O–H groups in total. The standard InChI is InChI=1S/C16H13ClFN3O/c1-10-2-4-11(5-3-10)16-20-15(22-21-16)9-19-12-6-7-14(18)13(17)8-12/h2-8,19H,9H2,1H3. The Kier molecular flexibility index (Phi) is 4.06. The van der Waals surface area contributed by atoms with Crippen molar-refractivity contribution in [1.29, 1.82) is 0 Å². The van der Waals surface area contributed by atoms with Gasteiger partial charge in [0.1, 0.15) is 5.82 Å². The van der Waals surface area contributed by atoms with Gasteiger partial charge in [-0.3, -0.25) is 0 Å². The van der Waals surface area contributed by atoms with E-state index in [9.17, 15) is 4.39 Å². The van der Waals surface area contributed by atoms with Crippen molar-refractivity contribution in [3.63, 3.8) is 0 Å². The summed E-state index contributed by atoms with van der Waals surface area (Å²) in [6.45, 7) is 2.35. The van der Waals surface area contributed by atoms with Gasteiger partial charge in [-0.2, -0.15) is 4.98 Å². The zero-order valence-electron chi connectivity index (χ0n) is 11.8. The Labute approximate surface area is 131 Å². The van der Waals surface area contributed by atoms with Crippen molar-refractivity contribution < 1.29 is 8.91 Å². The number of rotatable bonds is 4. The third kappa shape index (κ3) is 3.26. The molecule has 0 spiro atoms. The van der Waals surface area contributed by atoms with Crippen LogP contribution >= 0.6 is 11.6 Å². The zero-order chi connectivity index (χ0) is 15.5. The molecule has 0 aliphatic carbocycles. The highest BCUT2D eigenvalue weighted by Gasteiger charge is 2.08. The van der Waals surface area contributed by atoms with Crippen molar-refractivity contribution in [3.8, 4) is 11.4 Å². The largest absolute Gasteiger partial charge is 0.376 e. The quantitative estimate of drug-likeness (QED) is 0.772. The minimum Gasteiger partial charge on any atom is -0.376 e. The highest BCUT2D eigenvalue weighted by molar-refractivity contribution is 6.31. The van der Waals surface area contributed by atoms with Crippen LogP contribution in [0.1, 0.15) is 11.5 Å². The first-order valence-electron chi connectivity index (χ1n) is 6.70. The maximum absolute atomic E-state index is 13.1. The second-order valence-electron chi connectivity index (χ2n) is 4.86. The fraction of sp³-hybridized carbons (Fsp3) is 0.125. The highest BCUT2D eigenvalue weighted by Crippen LogP contribution is 2.20. The number of nitrogens with one attached hydrogen (secondary N) is 1. The maximum atomic E-state index is 13.1. The van der Waals surface area contributed by atoms with Crippen LogP contribution in [0.5, 0.6) is 0 Å². The Bertz CT molecular complexity index is 786. The van der Waals surface area contributed by atoms with Gasteiger partial charge in [-0.05, 0) is 25.1 Å². The van der Waals surface area contributed by atoms with E-state index in [1.165, 1.54) is 17.7 Å². The third-order valence-electron chi connectivity index (χ3n) is 3.14. The Balaban J connectivity index is 1.69. The Morgan fingerprint density at radius 3 is 2.68 bits per heavy atom. The van der Waals surface area contributed by atoms with Gasteiger partial charge in [-0.25, -0.2) is 4.39 Å². The van der Waals surface area contributed by atoms with Crippen LogP contribution in [0.4, 0.5) is 10.1 Å². The van der Waals surface area contributed by atoms with Crippen LogP contribution in [0.15, 0.2) is 47.0 Å². The number of halogens is 2. The second-order valence-corrected chi connectivity index (χ2v) is 5.27. The first-order chi connectivity index (χ1) is 10.6. The number of aromatic nitrogens is 2. The summed E-state index contributed by atoms with van der Waals surface area (Å²) in [4.78, 5) is 4.32. The van der Waals surface area contributed by atoms with Gasteiger partial charge >= 0.3 is 0 Å². The number of hydrogen-bond donors (Lipinski definition) is 1. The summed E-state index contributed by atoms with van der Waals surface area (Å²) in [5.74, 6) is 0.525. The van der Waals surface area contributed by atoms with Gasteiger partial charge in [0.25, 0.3) is 0 Å². The third-order valence-corrected chi connectivity index (χ3v) is 3.43. The molecule has 2 aromatic carbocycles. The molecule has 0 unspecified atom stereocenters. The topological polar surface area (TPSA) is 51.0 Å².